The second-order valence-corrected chi connectivity index (χ2v) is 7.29. The molecule has 0 unspecified atom stereocenters. The van der Waals surface area contributed by atoms with Crippen LogP contribution in [0.3, 0.4) is 0 Å². The number of hydrogen-bond acceptors (Lipinski definition) is 4. The van der Waals surface area contributed by atoms with Crippen LogP contribution in [0.2, 0.25) is 0 Å². The molecule has 2 heterocycles. The molecule has 1 saturated heterocycles. The van der Waals surface area contributed by atoms with Crippen molar-refractivity contribution >= 4 is 5.91 Å². The molecule has 1 atom stereocenters. The Kier molecular flexibility index (Phi) is 6.63. The van der Waals surface area contributed by atoms with E-state index >= 15 is 0 Å². The highest BCUT2D eigenvalue weighted by Crippen LogP contribution is 2.29. The summed E-state index contributed by atoms with van der Waals surface area (Å²) < 4.78 is 7.71. The fraction of sp³-hybridized carbons (Fsp3) is 0.524. The number of likely N-dealkylation sites (tertiary alicyclic amines) is 1. The summed E-state index contributed by atoms with van der Waals surface area (Å²) in [6, 6.07) is 9.91. The molecule has 0 spiro atoms. The molecule has 1 N–H and O–H groups in total. The molecule has 3 rings (SSSR count). The SMILES string of the molecule is Cc1cnc(C2CCN(C(=O)COCc3ccccc3)CC2)n1[C@H](C)CO. The minimum absolute atomic E-state index is 0.0218. The summed E-state index contributed by atoms with van der Waals surface area (Å²) in [6.45, 7) is 6.13. The highest BCUT2D eigenvalue weighted by molar-refractivity contribution is 5.77. The molecule has 0 radical (unpaired) electrons. The van der Waals surface area contributed by atoms with Crippen LogP contribution in [-0.2, 0) is 16.1 Å². The quantitative estimate of drug-likeness (QED) is 0.813. The zero-order valence-corrected chi connectivity index (χ0v) is 16.2. The zero-order chi connectivity index (χ0) is 19.2. The van der Waals surface area contributed by atoms with Gasteiger partial charge in [-0.2, -0.15) is 0 Å². The van der Waals surface area contributed by atoms with E-state index in [0.29, 0.717) is 12.5 Å². The van der Waals surface area contributed by atoms with Gasteiger partial charge >= 0.3 is 0 Å². The molecule has 146 valence electrons. The van der Waals surface area contributed by atoms with Gasteiger partial charge in [0.05, 0.1) is 19.3 Å². The standard InChI is InChI=1S/C21H29N3O3/c1-16-12-22-21(24(16)17(2)13-25)19-8-10-23(11-9-19)20(26)15-27-14-18-6-4-3-5-7-18/h3-7,12,17,19,25H,8-11,13-15H2,1-2H3/t17-/m1/s1. The first-order chi connectivity index (χ1) is 13.1. The molecule has 0 bridgehead atoms. The zero-order valence-electron chi connectivity index (χ0n) is 16.2. The van der Waals surface area contributed by atoms with E-state index in [0.717, 1.165) is 43.0 Å². The molecule has 1 aliphatic rings. The smallest absolute Gasteiger partial charge is 0.248 e. The Bertz CT molecular complexity index is 736. The molecule has 1 aliphatic heterocycles. The van der Waals surface area contributed by atoms with E-state index in [-0.39, 0.29) is 25.2 Å². The molecule has 27 heavy (non-hydrogen) atoms. The number of amides is 1. The third kappa shape index (κ3) is 4.76. The first-order valence-electron chi connectivity index (χ1n) is 9.64. The molecular weight excluding hydrogens is 342 g/mol. The molecule has 0 aliphatic carbocycles. The Morgan fingerprint density at radius 3 is 2.67 bits per heavy atom. The second kappa shape index (κ2) is 9.15. The summed E-state index contributed by atoms with van der Waals surface area (Å²) in [5, 5.41) is 9.52. The topological polar surface area (TPSA) is 67.6 Å². The number of aliphatic hydroxyl groups is 1. The summed E-state index contributed by atoms with van der Waals surface area (Å²) >= 11 is 0. The lowest BCUT2D eigenvalue weighted by atomic mass is 9.95. The van der Waals surface area contributed by atoms with E-state index in [1.807, 2.05) is 55.3 Å². The number of hydrogen-bond donors (Lipinski definition) is 1. The molecule has 6 nitrogen and oxygen atoms in total. The fourth-order valence-electron chi connectivity index (χ4n) is 3.73. The van der Waals surface area contributed by atoms with Gasteiger partial charge in [-0.15, -0.1) is 0 Å². The van der Waals surface area contributed by atoms with E-state index in [1.54, 1.807) is 0 Å². The lowest BCUT2D eigenvalue weighted by Gasteiger charge is -2.32. The van der Waals surface area contributed by atoms with Gasteiger partial charge in [0.1, 0.15) is 12.4 Å². The summed E-state index contributed by atoms with van der Waals surface area (Å²) in [5.41, 5.74) is 2.14. The average Bonchev–Trinajstić information content (AvgIpc) is 3.09. The summed E-state index contributed by atoms with van der Waals surface area (Å²) in [6.07, 6.45) is 3.65. The highest BCUT2D eigenvalue weighted by Gasteiger charge is 2.28. The van der Waals surface area contributed by atoms with Crippen LogP contribution >= 0.6 is 0 Å². The Morgan fingerprint density at radius 2 is 2.00 bits per heavy atom. The van der Waals surface area contributed by atoms with Crippen LogP contribution in [0, 0.1) is 6.92 Å². The number of piperidine rings is 1. The first-order valence-corrected chi connectivity index (χ1v) is 9.64. The maximum Gasteiger partial charge on any atom is 0.248 e. The Hall–Kier alpha value is -2.18. The maximum absolute atomic E-state index is 12.4. The Morgan fingerprint density at radius 1 is 1.30 bits per heavy atom. The van der Waals surface area contributed by atoms with Crippen LogP contribution in [0.15, 0.2) is 36.5 Å². The number of rotatable bonds is 7. The number of aliphatic hydroxyl groups excluding tert-OH is 1. The number of carbonyl (C=O) groups is 1. The van der Waals surface area contributed by atoms with Crippen molar-refractivity contribution in [3.8, 4) is 0 Å². The normalized spacial score (nSPS) is 16.5. The lowest BCUT2D eigenvalue weighted by molar-refractivity contribution is -0.137. The van der Waals surface area contributed by atoms with Crippen molar-refractivity contribution in [2.24, 2.45) is 0 Å². The van der Waals surface area contributed by atoms with Gasteiger partial charge in [0.25, 0.3) is 0 Å². The van der Waals surface area contributed by atoms with Gasteiger partial charge in [0.2, 0.25) is 5.91 Å². The first kappa shape index (κ1) is 19.6. The van der Waals surface area contributed by atoms with Gasteiger partial charge < -0.3 is 19.3 Å². The average molecular weight is 371 g/mol. The maximum atomic E-state index is 12.4. The molecule has 6 heteroatoms. The Balaban J connectivity index is 1.49. The van der Waals surface area contributed by atoms with E-state index in [2.05, 4.69) is 9.55 Å². The van der Waals surface area contributed by atoms with Crippen molar-refractivity contribution in [2.75, 3.05) is 26.3 Å². The number of aryl methyl sites for hydroxylation is 1. The molecule has 1 fully saturated rings. The van der Waals surface area contributed by atoms with Crippen LogP contribution in [0.1, 0.15) is 48.8 Å². The van der Waals surface area contributed by atoms with Gasteiger partial charge in [0, 0.05) is 30.9 Å². The van der Waals surface area contributed by atoms with Gasteiger partial charge in [0.15, 0.2) is 0 Å². The van der Waals surface area contributed by atoms with Gasteiger partial charge in [-0.3, -0.25) is 4.79 Å². The number of nitrogens with zero attached hydrogens (tertiary/aromatic N) is 3. The number of aromatic nitrogens is 2. The fourth-order valence-corrected chi connectivity index (χ4v) is 3.73. The van der Waals surface area contributed by atoms with Crippen LogP contribution in [-0.4, -0.2) is 51.8 Å². The van der Waals surface area contributed by atoms with Crippen molar-refractivity contribution < 1.29 is 14.6 Å². The van der Waals surface area contributed by atoms with Crippen molar-refractivity contribution in [3.63, 3.8) is 0 Å². The van der Waals surface area contributed by atoms with E-state index < -0.39 is 0 Å². The van der Waals surface area contributed by atoms with Crippen LogP contribution in [0.4, 0.5) is 0 Å². The highest BCUT2D eigenvalue weighted by atomic mass is 16.5. The van der Waals surface area contributed by atoms with Crippen molar-refractivity contribution in [1.29, 1.82) is 0 Å². The predicted molar refractivity (Wildman–Crippen MR) is 103 cm³/mol. The molecule has 1 aromatic heterocycles. The number of benzene rings is 1. The number of carbonyl (C=O) groups excluding carboxylic acids is 1. The third-order valence-electron chi connectivity index (χ3n) is 5.27. The van der Waals surface area contributed by atoms with Gasteiger partial charge in [-0.1, -0.05) is 30.3 Å². The summed E-state index contributed by atoms with van der Waals surface area (Å²) in [5.74, 6) is 1.40. The van der Waals surface area contributed by atoms with E-state index in [4.69, 9.17) is 4.74 Å². The lowest BCUT2D eigenvalue weighted by Crippen LogP contribution is -2.40. The van der Waals surface area contributed by atoms with Crippen LogP contribution in [0.5, 0.6) is 0 Å². The van der Waals surface area contributed by atoms with Crippen LogP contribution in [0.25, 0.3) is 0 Å². The van der Waals surface area contributed by atoms with Crippen molar-refractivity contribution in [3.05, 3.63) is 53.6 Å². The minimum atomic E-state index is 0.0218. The molecule has 2 aromatic rings. The summed E-state index contributed by atoms with van der Waals surface area (Å²) in [4.78, 5) is 18.9. The van der Waals surface area contributed by atoms with Crippen molar-refractivity contribution in [2.45, 2.75) is 45.3 Å². The van der Waals surface area contributed by atoms with E-state index in [1.165, 1.54) is 0 Å². The predicted octanol–water partition coefficient (Wildman–Crippen LogP) is 2.67. The van der Waals surface area contributed by atoms with Gasteiger partial charge in [-0.25, -0.2) is 4.98 Å². The van der Waals surface area contributed by atoms with E-state index in [9.17, 15) is 9.90 Å². The number of imidazole rings is 1. The van der Waals surface area contributed by atoms with Crippen molar-refractivity contribution in [1.82, 2.24) is 14.5 Å². The Labute approximate surface area is 160 Å². The monoisotopic (exact) mass is 371 g/mol. The minimum Gasteiger partial charge on any atom is -0.394 e. The molecule has 1 aromatic carbocycles. The summed E-state index contributed by atoms with van der Waals surface area (Å²) in [7, 11) is 0. The van der Waals surface area contributed by atoms with Gasteiger partial charge in [-0.05, 0) is 32.3 Å². The second-order valence-electron chi connectivity index (χ2n) is 7.29. The number of ether oxygens (including phenoxy) is 1. The molecule has 0 saturated carbocycles. The molecule has 1 amide bonds. The third-order valence-corrected chi connectivity index (χ3v) is 5.27. The largest absolute Gasteiger partial charge is 0.394 e. The van der Waals surface area contributed by atoms with Crippen LogP contribution < -0.4 is 0 Å². The molecular formula is C21H29N3O3.